The van der Waals surface area contributed by atoms with Crippen molar-refractivity contribution in [2.75, 3.05) is 18.1 Å². The van der Waals surface area contributed by atoms with Gasteiger partial charge < -0.3 is 14.8 Å². The number of urea groups is 1. The fourth-order valence-corrected chi connectivity index (χ4v) is 3.93. The van der Waals surface area contributed by atoms with Crippen LogP contribution in [0.3, 0.4) is 0 Å². The second kappa shape index (κ2) is 6.71. The van der Waals surface area contributed by atoms with Crippen LogP contribution in [0.1, 0.15) is 30.1 Å². The molecule has 2 heterocycles. The lowest BCUT2D eigenvalue weighted by Crippen LogP contribution is -2.35. The van der Waals surface area contributed by atoms with Crippen molar-refractivity contribution in [3.63, 3.8) is 0 Å². The van der Waals surface area contributed by atoms with E-state index in [1.807, 2.05) is 36.3 Å². The Balaban J connectivity index is 1.79. The van der Waals surface area contributed by atoms with Crippen LogP contribution in [0.15, 0.2) is 41.4 Å². The van der Waals surface area contributed by atoms with Gasteiger partial charge in [0.15, 0.2) is 0 Å². The summed E-state index contributed by atoms with van der Waals surface area (Å²) < 4.78 is 2.11. The van der Waals surface area contributed by atoms with Crippen molar-refractivity contribution >= 4 is 23.5 Å². The van der Waals surface area contributed by atoms with Gasteiger partial charge in [0, 0.05) is 36.1 Å². The molecule has 1 N–H and O–H groups in total. The molecule has 4 nitrogen and oxygen atoms in total. The number of amides is 2. The lowest BCUT2D eigenvalue weighted by atomic mass is 10.1. The molecule has 0 saturated carbocycles. The Kier molecular flexibility index (Phi) is 4.66. The summed E-state index contributed by atoms with van der Waals surface area (Å²) in [4.78, 5) is 15.9. The summed E-state index contributed by atoms with van der Waals surface area (Å²) in [5.41, 5.74) is 3.23. The molecule has 1 atom stereocenters. The Labute approximate surface area is 141 Å². The number of hydrogen-bond donors (Lipinski definition) is 1. The molecule has 0 bridgehead atoms. The van der Waals surface area contributed by atoms with Crippen molar-refractivity contribution in [2.45, 2.75) is 30.7 Å². The predicted molar refractivity (Wildman–Crippen MR) is 96.1 cm³/mol. The standard InChI is InChI=1S/C18H23N3OS/c1-13-14(7-4-10-17(13)23-3)19-18(22)21-12-6-9-16(21)15-8-5-11-20(15)2/h4-5,7-8,10-11,16H,6,9,12H2,1-3H3,(H,19,22). The van der Waals surface area contributed by atoms with Gasteiger partial charge in [-0.1, -0.05) is 6.07 Å². The van der Waals surface area contributed by atoms with E-state index in [1.54, 1.807) is 11.8 Å². The van der Waals surface area contributed by atoms with Gasteiger partial charge in [-0.25, -0.2) is 4.79 Å². The van der Waals surface area contributed by atoms with Gasteiger partial charge in [-0.15, -0.1) is 11.8 Å². The molecular weight excluding hydrogens is 306 g/mol. The van der Waals surface area contributed by atoms with Crippen molar-refractivity contribution in [3.8, 4) is 0 Å². The number of aromatic nitrogens is 1. The van der Waals surface area contributed by atoms with Crippen molar-refractivity contribution < 1.29 is 4.79 Å². The summed E-state index contributed by atoms with van der Waals surface area (Å²) in [6.45, 7) is 2.86. The lowest BCUT2D eigenvalue weighted by molar-refractivity contribution is 0.205. The van der Waals surface area contributed by atoms with E-state index in [2.05, 4.69) is 35.2 Å². The zero-order chi connectivity index (χ0) is 16.4. The summed E-state index contributed by atoms with van der Waals surface area (Å²) in [5.74, 6) is 0. The maximum atomic E-state index is 12.8. The Morgan fingerprint density at radius 2 is 2.13 bits per heavy atom. The third kappa shape index (κ3) is 3.11. The van der Waals surface area contributed by atoms with Gasteiger partial charge in [0.05, 0.1) is 6.04 Å². The van der Waals surface area contributed by atoms with Crippen LogP contribution in [0.25, 0.3) is 0 Å². The topological polar surface area (TPSA) is 37.3 Å². The average Bonchev–Trinajstić information content (AvgIpc) is 3.17. The van der Waals surface area contributed by atoms with E-state index in [4.69, 9.17) is 0 Å². The molecule has 3 rings (SSSR count). The first-order valence-corrected chi connectivity index (χ1v) is 9.16. The third-order valence-electron chi connectivity index (χ3n) is 4.58. The summed E-state index contributed by atoms with van der Waals surface area (Å²) >= 11 is 1.70. The van der Waals surface area contributed by atoms with Crippen LogP contribution < -0.4 is 5.32 Å². The van der Waals surface area contributed by atoms with Gasteiger partial charge in [0.2, 0.25) is 0 Å². The molecule has 122 valence electrons. The zero-order valence-electron chi connectivity index (χ0n) is 13.9. The fourth-order valence-electron chi connectivity index (χ4n) is 3.30. The van der Waals surface area contributed by atoms with Gasteiger partial charge in [0.1, 0.15) is 0 Å². The van der Waals surface area contributed by atoms with Crippen LogP contribution >= 0.6 is 11.8 Å². The minimum Gasteiger partial charge on any atom is -0.353 e. The van der Waals surface area contributed by atoms with Crippen molar-refractivity contribution in [1.82, 2.24) is 9.47 Å². The lowest BCUT2D eigenvalue weighted by Gasteiger charge is -2.26. The van der Waals surface area contributed by atoms with E-state index < -0.39 is 0 Å². The van der Waals surface area contributed by atoms with E-state index in [0.717, 1.165) is 30.6 Å². The van der Waals surface area contributed by atoms with Crippen LogP contribution in [-0.4, -0.2) is 28.3 Å². The van der Waals surface area contributed by atoms with E-state index in [0.29, 0.717) is 0 Å². The number of carbonyl (C=O) groups is 1. The van der Waals surface area contributed by atoms with Crippen LogP contribution in [0, 0.1) is 6.92 Å². The summed E-state index contributed by atoms with van der Waals surface area (Å²) in [6, 6.07) is 10.4. The molecule has 0 aliphatic carbocycles. The van der Waals surface area contributed by atoms with E-state index in [1.165, 1.54) is 10.6 Å². The number of anilines is 1. The molecule has 1 aromatic carbocycles. The second-order valence-electron chi connectivity index (χ2n) is 5.96. The normalized spacial score (nSPS) is 17.5. The highest BCUT2D eigenvalue weighted by atomic mass is 32.2. The quantitative estimate of drug-likeness (QED) is 0.846. The first kappa shape index (κ1) is 16.0. The van der Waals surface area contributed by atoms with Gasteiger partial charge in [-0.2, -0.15) is 0 Å². The van der Waals surface area contributed by atoms with Crippen molar-refractivity contribution in [2.24, 2.45) is 7.05 Å². The minimum absolute atomic E-state index is 0.00458. The Hall–Kier alpha value is -1.88. The zero-order valence-corrected chi connectivity index (χ0v) is 14.7. The Morgan fingerprint density at radius 3 is 2.83 bits per heavy atom. The van der Waals surface area contributed by atoms with Crippen LogP contribution in [-0.2, 0) is 7.05 Å². The molecule has 1 unspecified atom stereocenters. The number of thioether (sulfide) groups is 1. The number of benzene rings is 1. The third-order valence-corrected chi connectivity index (χ3v) is 5.47. The molecule has 1 saturated heterocycles. The van der Waals surface area contributed by atoms with Gasteiger partial charge in [-0.3, -0.25) is 0 Å². The molecule has 1 aromatic heterocycles. The molecule has 1 aliphatic heterocycles. The number of nitrogens with one attached hydrogen (secondary N) is 1. The summed E-state index contributed by atoms with van der Waals surface area (Å²) in [6.07, 6.45) is 6.16. The number of hydrogen-bond acceptors (Lipinski definition) is 2. The van der Waals surface area contributed by atoms with E-state index in [-0.39, 0.29) is 12.1 Å². The highest BCUT2D eigenvalue weighted by molar-refractivity contribution is 7.98. The maximum Gasteiger partial charge on any atom is 0.322 e. The Morgan fingerprint density at radius 1 is 1.30 bits per heavy atom. The van der Waals surface area contributed by atoms with Gasteiger partial charge in [-0.05, 0) is 55.9 Å². The molecule has 2 aromatic rings. The van der Waals surface area contributed by atoms with E-state index >= 15 is 0 Å². The highest BCUT2D eigenvalue weighted by Gasteiger charge is 2.31. The first-order valence-electron chi connectivity index (χ1n) is 7.94. The van der Waals surface area contributed by atoms with Crippen molar-refractivity contribution in [3.05, 3.63) is 47.8 Å². The SMILES string of the molecule is CSc1cccc(NC(=O)N2CCCC2c2cccn2C)c1C. The number of rotatable bonds is 3. The fraction of sp³-hybridized carbons (Fsp3) is 0.389. The molecule has 0 spiro atoms. The maximum absolute atomic E-state index is 12.8. The monoisotopic (exact) mass is 329 g/mol. The number of nitrogens with zero attached hydrogens (tertiary/aromatic N) is 2. The number of carbonyl (C=O) groups excluding carboxylic acids is 1. The van der Waals surface area contributed by atoms with Gasteiger partial charge in [0.25, 0.3) is 0 Å². The summed E-state index contributed by atoms with van der Waals surface area (Å²) in [5, 5.41) is 3.10. The molecule has 5 heteroatoms. The number of aryl methyl sites for hydroxylation is 1. The molecule has 0 radical (unpaired) electrons. The summed E-state index contributed by atoms with van der Waals surface area (Å²) in [7, 11) is 2.04. The molecular formula is C18H23N3OS. The average molecular weight is 329 g/mol. The Bertz CT molecular complexity index is 710. The molecule has 1 aliphatic rings. The van der Waals surface area contributed by atoms with E-state index in [9.17, 15) is 4.79 Å². The first-order chi connectivity index (χ1) is 11.1. The second-order valence-corrected chi connectivity index (χ2v) is 6.81. The molecule has 23 heavy (non-hydrogen) atoms. The van der Waals surface area contributed by atoms with Crippen molar-refractivity contribution in [1.29, 1.82) is 0 Å². The largest absolute Gasteiger partial charge is 0.353 e. The minimum atomic E-state index is -0.00458. The van der Waals surface area contributed by atoms with Crippen LogP contribution in [0.2, 0.25) is 0 Å². The molecule has 1 fully saturated rings. The predicted octanol–water partition coefficient (Wildman–Crippen LogP) is 4.42. The van der Waals surface area contributed by atoms with Gasteiger partial charge >= 0.3 is 6.03 Å². The molecule has 2 amide bonds. The van der Waals surface area contributed by atoms with Crippen LogP contribution in [0.4, 0.5) is 10.5 Å². The number of likely N-dealkylation sites (tertiary alicyclic amines) is 1. The smallest absolute Gasteiger partial charge is 0.322 e. The van der Waals surface area contributed by atoms with Crippen LogP contribution in [0.5, 0.6) is 0 Å². The highest BCUT2D eigenvalue weighted by Crippen LogP contribution is 2.33.